The highest BCUT2D eigenvalue weighted by Gasteiger charge is 2.61. The molecule has 0 aromatic heterocycles. The van der Waals surface area contributed by atoms with Gasteiger partial charge in [0.25, 0.3) is 0 Å². The second-order valence-electron chi connectivity index (χ2n) is 12.9. The van der Waals surface area contributed by atoms with Crippen molar-refractivity contribution in [1.82, 2.24) is 10.6 Å². The Kier molecular flexibility index (Phi) is 6.92. The van der Waals surface area contributed by atoms with Gasteiger partial charge in [-0.25, -0.2) is 0 Å². The molecule has 2 N–H and O–H groups in total. The molecule has 2 aromatic carbocycles. The van der Waals surface area contributed by atoms with Gasteiger partial charge in [-0.15, -0.1) is 0 Å². The van der Waals surface area contributed by atoms with Gasteiger partial charge in [-0.2, -0.15) is 0 Å². The van der Waals surface area contributed by atoms with E-state index in [0.717, 1.165) is 61.2 Å². The molecule has 2 amide bonds. The number of fused-ring (bicyclic) bond motifs is 5. The molecular weight excluding hydrogens is 500 g/mol. The normalized spacial score (nSPS) is 34.3. The molecule has 6 rings (SSSR count). The molecule has 1 aliphatic heterocycles. The van der Waals surface area contributed by atoms with Crippen LogP contribution < -0.4 is 20.1 Å². The van der Waals surface area contributed by atoms with Gasteiger partial charge in [0.2, 0.25) is 11.8 Å². The van der Waals surface area contributed by atoms with Crippen molar-refractivity contribution in [1.29, 1.82) is 0 Å². The standard InChI is InChI=1S/C34H42N2O4/c1-33-19-17-27-25(13-16-29-34(27,2)20-18-30(37)35-29)26(33)14-15-28(33)32(38)36-31(21-5-9-23(39-3)10-6-21)22-7-11-24(40-4)12-8-22/h5-12,18,20,25-29,31H,13-17,19H2,1-4H3,(H,35,37)(H,36,38)/t25-,26-,27-,28+,29+,33-,34+/m0/s1. The number of hydrogen-bond acceptors (Lipinski definition) is 4. The maximum Gasteiger partial charge on any atom is 0.243 e. The largest absolute Gasteiger partial charge is 0.497 e. The van der Waals surface area contributed by atoms with Crippen LogP contribution in [0.2, 0.25) is 0 Å². The minimum Gasteiger partial charge on any atom is -0.497 e. The van der Waals surface area contributed by atoms with Crippen LogP contribution in [0.1, 0.15) is 69.5 Å². The maximum atomic E-state index is 14.2. The third kappa shape index (κ3) is 4.40. The number of carbonyl (C=O) groups is 2. The van der Waals surface area contributed by atoms with E-state index in [4.69, 9.17) is 9.47 Å². The molecule has 2 aromatic rings. The Morgan fingerprint density at radius 3 is 2.10 bits per heavy atom. The third-order valence-electron chi connectivity index (χ3n) is 11.2. The van der Waals surface area contributed by atoms with Crippen LogP contribution in [0, 0.1) is 34.5 Å². The summed E-state index contributed by atoms with van der Waals surface area (Å²) in [5.74, 6) is 3.46. The number of amides is 2. The minimum atomic E-state index is -0.256. The van der Waals surface area contributed by atoms with Crippen molar-refractivity contribution in [2.45, 2.75) is 64.5 Å². The molecule has 6 nitrogen and oxygen atoms in total. The topological polar surface area (TPSA) is 76.7 Å². The van der Waals surface area contributed by atoms with Crippen LogP contribution >= 0.6 is 0 Å². The lowest BCUT2D eigenvalue weighted by molar-refractivity contribution is -0.134. The summed E-state index contributed by atoms with van der Waals surface area (Å²) in [4.78, 5) is 26.3. The summed E-state index contributed by atoms with van der Waals surface area (Å²) in [6, 6.07) is 15.9. The van der Waals surface area contributed by atoms with Crippen molar-refractivity contribution in [3.05, 3.63) is 71.8 Å². The average Bonchev–Trinajstić information content (AvgIpc) is 3.34. The highest BCUT2D eigenvalue weighted by Crippen LogP contribution is 2.65. The van der Waals surface area contributed by atoms with Crippen molar-refractivity contribution in [2.24, 2.45) is 34.5 Å². The number of ether oxygens (including phenoxy) is 2. The SMILES string of the molecule is COc1ccc(C(NC(=O)[C@H]2CC[C@H]3[C@@H]4CC[C@H]5NC(=O)C=C[C@]5(C)[C@H]4CC[C@]23C)c2ccc(OC)cc2)cc1. The van der Waals surface area contributed by atoms with E-state index < -0.39 is 0 Å². The van der Waals surface area contributed by atoms with Crippen molar-refractivity contribution in [3.63, 3.8) is 0 Å². The Morgan fingerprint density at radius 2 is 1.50 bits per heavy atom. The fourth-order valence-electron chi connectivity index (χ4n) is 8.96. The molecule has 40 heavy (non-hydrogen) atoms. The van der Waals surface area contributed by atoms with Gasteiger partial charge in [0.15, 0.2) is 0 Å². The molecule has 3 aliphatic carbocycles. The van der Waals surface area contributed by atoms with E-state index >= 15 is 0 Å². The van der Waals surface area contributed by atoms with Gasteiger partial charge in [-0.05, 0) is 103 Å². The first-order valence-electron chi connectivity index (χ1n) is 14.8. The summed E-state index contributed by atoms with van der Waals surface area (Å²) in [6.07, 6.45) is 10.3. The molecule has 7 atom stereocenters. The van der Waals surface area contributed by atoms with Crippen LogP contribution in [-0.2, 0) is 9.59 Å². The van der Waals surface area contributed by atoms with Crippen molar-refractivity contribution in [2.75, 3.05) is 14.2 Å². The predicted molar refractivity (Wildman–Crippen MR) is 155 cm³/mol. The smallest absolute Gasteiger partial charge is 0.243 e. The molecule has 0 spiro atoms. The number of methoxy groups -OCH3 is 2. The van der Waals surface area contributed by atoms with E-state index in [1.54, 1.807) is 20.3 Å². The Balaban J connectivity index is 1.24. The number of hydrogen-bond donors (Lipinski definition) is 2. The lowest BCUT2D eigenvalue weighted by Gasteiger charge is -2.58. The van der Waals surface area contributed by atoms with Gasteiger partial charge < -0.3 is 20.1 Å². The zero-order valence-electron chi connectivity index (χ0n) is 24.1. The van der Waals surface area contributed by atoms with Gasteiger partial charge in [-0.1, -0.05) is 44.2 Å². The molecule has 0 radical (unpaired) electrons. The molecule has 1 heterocycles. The highest BCUT2D eigenvalue weighted by atomic mass is 16.5. The Morgan fingerprint density at radius 1 is 0.875 bits per heavy atom. The van der Waals surface area contributed by atoms with Crippen LogP contribution in [0.5, 0.6) is 11.5 Å². The molecule has 4 aliphatic rings. The van der Waals surface area contributed by atoms with E-state index in [9.17, 15) is 9.59 Å². The number of carbonyl (C=O) groups excluding carboxylic acids is 2. The van der Waals surface area contributed by atoms with Gasteiger partial charge in [0.05, 0.1) is 20.3 Å². The minimum absolute atomic E-state index is 0.00628. The van der Waals surface area contributed by atoms with Crippen LogP contribution in [0.15, 0.2) is 60.7 Å². The molecule has 0 saturated heterocycles. The van der Waals surface area contributed by atoms with Gasteiger partial charge in [-0.3, -0.25) is 9.59 Å². The van der Waals surface area contributed by atoms with E-state index in [1.807, 2.05) is 48.5 Å². The summed E-state index contributed by atoms with van der Waals surface area (Å²) in [5, 5.41) is 6.72. The zero-order chi connectivity index (χ0) is 28.1. The first kappa shape index (κ1) is 26.9. The Bertz CT molecular complexity index is 1240. The summed E-state index contributed by atoms with van der Waals surface area (Å²) in [5.41, 5.74) is 2.05. The lowest BCUT2D eigenvalue weighted by Crippen LogP contribution is -2.59. The molecule has 3 saturated carbocycles. The predicted octanol–water partition coefficient (Wildman–Crippen LogP) is 5.82. The first-order chi connectivity index (χ1) is 19.3. The summed E-state index contributed by atoms with van der Waals surface area (Å²) < 4.78 is 10.8. The molecule has 212 valence electrons. The molecule has 3 fully saturated rings. The monoisotopic (exact) mass is 542 g/mol. The average molecular weight is 543 g/mol. The quantitative estimate of drug-likeness (QED) is 0.482. The van der Waals surface area contributed by atoms with E-state index in [-0.39, 0.29) is 40.6 Å². The molecule has 6 heteroatoms. The second-order valence-corrected chi connectivity index (χ2v) is 12.9. The number of nitrogens with one attached hydrogen (secondary N) is 2. The zero-order valence-corrected chi connectivity index (χ0v) is 24.1. The summed E-state index contributed by atoms with van der Waals surface area (Å²) in [7, 11) is 3.33. The molecule has 0 unspecified atom stereocenters. The Hall–Kier alpha value is -3.28. The van der Waals surface area contributed by atoms with Gasteiger partial charge >= 0.3 is 0 Å². The lowest BCUT2D eigenvalue weighted by atomic mass is 9.48. The Labute approximate surface area is 237 Å². The van der Waals surface area contributed by atoms with E-state index in [0.29, 0.717) is 17.8 Å². The number of benzene rings is 2. The maximum absolute atomic E-state index is 14.2. The first-order valence-corrected chi connectivity index (χ1v) is 14.8. The number of rotatable bonds is 6. The highest BCUT2D eigenvalue weighted by molar-refractivity contribution is 5.89. The van der Waals surface area contributed by atoms with Crippen LogP contribution in [0.4, 0.5) is 0 Å². The van der Waals surface area contributed by atoms with Crippen molar-refractivity contribution in [3.8, 4) is 11.5 Å². The third-order valence-corrected chi connectivity index (χ3v) is 11.2. The van der Waals surface area contributed by atoms with E-state index in [1.165, 1.54) is 0 Å². The fraction of sp³-hybridized carbons (Fsp3) is 0.529. The van der Waals surface area contributed by atoms with Gasteiger partial charge in [0.1, 0.15) is 11.5 Å². The van der Waals surface area contributed by atoms with Crippen molar-refractivity contribution < 1.29 is 19.1 Å². The second kappa shape index (κ2) is 10.3. The molecule has 0 bridgehead atoms. The van der Waals surface area contributed by atoms with Crippen LogP contribution in [-0.4, -0.2) is 32.1 Å². The summed E-state index contributed by atoms with van der Waals surface area (Å²) in [6.45, 7) is 4.73. The summed E-state index contributed by atoms with van der Waals surface area (Å²) >= 11 is 0. The molecular formula is C34H42N2O4. The van der Waals surface area contributed by atoms with Crippen LogP contribution in [0.25, 0.3) is 0 Å². The fourth-order valence-corrected chi connectivity index (χ4v) is 8.96. The van der Waals surface area contributed by atoms with Gasteiger partial charge in [0, 0.05) is 17.4 Å². The van der Waals surface area contributed by atoms with Crippen LogP contribution in [0.3, 0.4) is 0 Å². The van der Waals surface area contributed by atoms with E-state index in [2.05, 4.69) is 30.6 Å². The van der Waals surface area contributed by atoms with Crippen molar-refractivity contribution >= 4 is 11.8 Å².